The van der Waals surface area contributed by atoms with Crippen LogP contribution >= 0.6 is 11.8 Å². The maximum Gasteiger partial charge on any atom is 0.237 e. The SMILES string of the molecule is Cn1c(SCc2nc(-c3ccc4c(c3)OCCO4)no2)nnc1-c1ccc2c(c1)CCCC2. The molecule has 4 aromatic rings. The maximum absolute atomic E-state index is 5.65. The van der Waals surface area contributed by atoms with Crippen LogP contribution in [0.1, 0.15) is 29.9 Å². The van der Waals surface area contributed by atoms with Gasteiger partial charge < -0.3 is 18.6 Å². The standard InChI is InChI=1S/C24H23N5O3S/c1-29-23(18-7-6-15-4-2-3-5-16(15)12-18)26-27-24(29)33-14-21-25-22(28-32-21)17-8-9-19-20(13-17)31-11-10-30-19/h6-9,12-13H,2-5,10-11,14H2,1H3. The molecule has 0 spiro atoms. The summed E-state index contributed by atoms with van der Waals surface area (Å²) < 4.78 is 18.7. The van der Waals surface area contributed by atoms with Crippen LogP contribution in [0, 0.1) is 0 Å². The van der Waals surface area contributed by atoms with Gasteiger partial charge in [0.05, 0.1) is 5.75 Å². The molecule has 33 heavy (non-hydrogen) atoms. The molecular weight excluding hydrogens is 438 g/mol. The second-order valence-corrected chi connectivity index (χ2v) is 9.16. The van der Waals surface area contributed by atoms with Crippen LogP contribution in [0.4, 0.5) is 0 Å². The Hall–Kier alpha value is -3.33. The van der Waals surface area contributed by atoms with E-state index in [0.717, 1.165) is 34.3 Å². The van der Waals surface area contributed by atoms with Crippen molar-refractivity contribution in [2.45, 2.75) is 36.6 Å². The van der Waals surface area contributed by atoms with Gasteiger partial charge in [-0.2, -0.15) is 4.98 Å². The molecule has 0 unspecified atom stereocenters. The lowest BCUT2D eigenvalue weighted by Gasteiger charge is -2.18. The normalized spacial score (nSPS) is 14.8. The predicted molar refractivity (Wildman–Crippen MR) is 123 cm³/mol. The van der Waals surface area contributed by atoms with Crippen LogP contribution in [0.3, 0.4) is 0 Å². The van der Waals surface area contributed by atoms with E-state index in [1.165, 1.54) is 42.2 Å². The average Bonchev–Trinajstić information content (AvgIpc) is 3.49. The van der Waals surface area contributed by atoms with Gasteiger partial charge in [-0.05, 0) is 61.1 Å². The fourth-order valence-corrected chi connectivity index (χ4v) is 5.05. The molecule has 0 fully saturated rings. The fourth-order valence-electron chi connectivity index (χ4n) is 4.30. The number of ether oxygens (including phenoxy) is 2. The Kier molecular flexibility index (Phi) is 5.26. The Labute approximate surface area is 195 Å². The Morgan fingerprint density at radius 3 is 2.64 bits per heavy atom. The third-order valence-corrected chi connectivity index (χ3v) is 7.04. The van der Waals surface area contributed by atoms with Crippen molar-refractivity contribution < 1.29 is 14.0 Å². The van der Waals surface area contributed by atoms with E-state index in [-0.39, 0.29) is 0 Å². The Bertz CT molecular complexity index is 1320. The van der Waals surface area contributed by atoms with E-state index in [0.29, 0.717) is 36.4 Å². The molecule has 8 nitrogen and oxygen atoms in total. The molecule has 0 bridgehead atoms. The first kappa shape index (κ1) is 20.3. The number of thioether (sulfide) groups is 1. The predicted octanol–water partition coefficient (Wildman–Crippen LogP) is 4.47. The van der Waals surface area contributed by atoms with Gasteiger partial charge in [0.15, 0.2) is 22.5 Å². The first-order chi connectivity index (χ1) is 16.2. The van der Waals surface area contributed by atoms with E-state index in [4.69, 9.17) is 14.0 Å². The second kappa shape index (κ2) is 8.55. The van der Waals surface area contributed by atoms with Gasteiger partial charge in [0.2, 0.25) is 11.7 Å². The summed E-state index contributed by atoms with van der Waals surface area (Å²) in [7, 11) is 1.99. The molecule has 1 aliphatic heterocycles. The summed E-state index contributed by atoms with van der Waals surface area (Å²) in [6.07, 6.45) is 4.86. The molecule has 6 rings (SSSR count). The third-order valence-electron chi connectivity index (χ3n) is 6.03. The fraction of sp³-hybridized carbons (Fsp3) is 0.333. The molecule has 168 valence electrons. The quantitative estimate of drug-likeness (QED) is 0.402. The number of hydrogen-bond donors (Lipinski definition) is 0. The van der Waals surface area contributed by atoms with Gasteiger partial charge in [0.25, 0.3) is 0 Å². The van der Waals surface area contributed by atoms with Crippen LogP contribution in [0.5, 0.6) is 11.5 Å². The molecule has 9 heteroatoms. The highest BCUT2D eigenvalue weighted by atomic mass is 32.2. The molecule has 2 aromatic carbocycles. The van der Waals surface area contributed by atoms with E-state index in [1.807, 2.05) is 29.8 Å². The van der Waals surface area contributed by atoms with Gasteiger partial charge in [0.1, 0.15) is 13.2 Å². The van der Waals surface area contributed by atoms with Gasteiger partial charge in [0, 0.05) is 18.2 Å². The van der Waals surface area contributed by atoms with Gasteiger partial charge in [-0.15, -0.1) is 10.2 Å². The average molecular weight is 462 g/mol. The number of rotatable bonds is 5. The molecule has 0 amide bonds. The summed E-state index contributed by atoms with van der Waals surface area (Å²) >= 11 is 1.52. The highest BCUT2D eigenvalue weighted by Crippen LogP contribution is 2.34. The molecule has 2 aromatic heterocycles. The van der Waals surface area contributed by atoms with Crippen molar-refractivity contribution in [2.24, 2.45) is 7.05 Å². The lowest BCUT2D eigenvalue weighted by atomic mass is 9.90. The summed E-state index contributed by atoms with van der Waals surface area (Å²) in [6.45, 7) is 1.10. The zero-order chi connectivity index (χ0) is 22.2. The van der Waals surface area contributed by atoms with Crippen molar-refractivity contribution in [3.8, 4) is 34.3 Å². The Morgan fingerprint density at radius 1 is 0.909 bits per heavy atom. The van der Waals surface area contributed by atoms with E-state index >= 15 is 0 Å². The highest BCUT2D eigenvalue weighted by Gasteiger charge is 2.18. The summed E-state index contributed by atoms with van der Waals surface area (Å²) in [5.41, 5.74) is 4.84. The van der Waals surface area contributed by atoms with Crippen molar-refractivity contribution in [3.63, 3.8) is 0 Å². The van der Waals surface area contributed by atoms with Crippen LogP contribution in [0.2, 0.25) is 0 Å². The van der Waals surface area contributed by atoms with Crippen LogP contribution in [0.15, 0.2) is 46.1 Å². The zero-order valence-electron chi connectivity index (χ0n) is 18.3. The number of hydrogen-bond acceptors (Lipinski definition) is 8. The van der Waals surface area contributed by atoms with E-state index in [9.17, 15) is 0 Å². The van der Waals surface area contributed by atoms with Crippen molar-refractivity contribution >= 4 is 11.8 Å². The van der Waals surface area contributed by atoms with E-state index in [2.05, 4.69) is 38.5 Å². The number of nitrogens with zero attached hydrogens (tertiary/aromatic N) is 5. The topological polar surface area (TPSA) is 88.1 Å². The van der Waals surface area contributed by atoms with Crippen LogP contribution < -0.4 is 9.47 Å². The van der Waals surface area contributed by atoms with Crippen molar-refractivity contribution in [1.82, 2.24) is 24.9 Å². The molecule has 1 aliphatic carbocycles. The number of fused-ring (bicyclic) bond motifs is 2. The minimum Gasteiger partial charge on any atom is -0.486 e. The summed E-state index contributed by atoms with van der Waals surface area (Å²) in [6, 6.07) is 12.3. The largest absolute Gasteiger partial charge is 0.486 e. The molecule has 2 aliphatic rings. The molecule has 0 radical (unpaired) electrons. The maximum atomic E-state index is 5.65. The minimum absolute atomic E-state index is 0.508. The lowest BCUT2D eigenvalue weighted by molar-refractivity contribution is 0.171. The summed E-state index contributed by atoms with van der Waals surface area (Å²) in [5, 5.41) is 13.8. The molecule has 0 saturated carbocycles. The van der Waals surface area contributed by atoms with E-state index < -0.39 is 0 Å². The van der Waals surface area contributed by atoms with Crippen molar-refractivity contribution in [3.05, 3.63) is 53.4 Å². The first-order valence-electron chi connectivity index (χ1n) is 11.1. The minimum atomic E-state index is 0.508. The summed E-state index contributed by atoms with van der Waals surface area (Å²) in [4.78, 5) is 4.53. The lowest BCUT2D eigenvalue weighted by Crippen LogP contribution is -2.15. The molecule has 3 heterocycles. The monoisotopic (exact) mass is 461 g/mol. The second-order valence-electron chi connectivity index (χ2n) is 8.21. The molecule has 0 saturated heterocycles. The van der Waals surface area contributed by atoms with Crippen LogP contribution in [-0.2, 0) is 25.6 Å². The summed E-state index contributed by atoms with van der Waals surface area (Å²) in [5.74, 6) is 3.87. The molecular formula is C24H23N5O3S. The zero-order valence-corrected chi connectivity index (χ0v) is 19.1. The van der Waals surface area contributed by atoms with Gasteiger partial charge >= 0.3 is 0 Å². The number of benzene rings is 2. The highest BCUT2D eigenvalue weighted by molar-refractivity contribution is 7.98. The van der Waals surface area contributed by atoms with Gasteiger partial charge in [-0.25, -0.2) is 0 Å². The van der Waals surface area contributed by atoms with Gasteiger partial charge in [-0.1, -0.05) is 29.1 Å². The van der Waals surface area contributed by atoms with Crippen molar-refractivity contribution in [1.29, 1.82) is 0 Å². The Balaban J connectivity index is 1.16. The van der Waals surface area contributed by atoms with Gasteiger partial charge in [-0.3, -0.25) is 0 Å². The molecule has 0 N–H and O–H groups in total. The smallest absolute Gasteiger partial charge is 0.237 e. The number of aryl methyl sites for hydroxylation is 2. The Morgan fingerprint density at radius 2 is 1.73 bits per heavy atom. The molecule has 0 atom stereocenters. The number of aromatic nitrogens is 5. The van der Waals surface area contributed by atoms with Crippen molar-refractivity contribution in [2.75, 3.05) is 13.2 Å². The third kappa shape index (κ3) is 3.97. The van der Waals surface area contributed by atoms with E-state index in [1.54, 1.807) is 0 Å². The van der Waals surface area contributed by atoms with Crippen LogP contribution in [-0.4, -0.2) is 38.1 Å². The van der Waals surface area contributed by atoms with Crippen LogP contribution in [0.25, 0.3) is 22.8 Å². The first-order valence-corrected chi connectivity index (χ1v) is 12.1.